The molecule has 0 saturated carbocycles. The summed E-state index contributed by atoms with van der Waals surface area (Å²) in [4.78, 5) is 21.9. The Morgan fingerprint density at radius 3 is 2.52 bits per heavy atom. The van der Waals surface area contributed by atoms with Crippen molar-refractivity contribution in [1.29, 1.82) is 0 Å². The molecule has 4 aromatic rings. The summed E-state index contributed by atoms with van der Waals surface area (Å²) in [7, 11) is 0. The van der Waals surface area contributed by atoms with E-state index in [1.807, 2.05) is 29.6 Å². The summed E-state index contributed by atoms with van der Waals surface area (Å²) in [5.41, 5.74) is 2.68. The van der Waals surface area contributed by atoms with Crippen LogP contribution in [0.3, 0.4) is 0 Å². The average molecular weight is 395 g/mol. The Morgan fingerprint density at radius 2 is 1.81 bits per heavy atom. The monoisotopic (exact) mass is 395 g/mol. The second-order valence-electron chi connectivity index (χ2n) is 5.82. The Labute approximate surface area is 163 Å². The molecule has 0 bridgehead atoms. The molecule has 4 rings (SSSR count). The van der Waals surface area contributed by atoms with E-state index in [-0.39, 0.29) is 11.7 Å². The van der Waals surface area contributed by atoms with Crippen LogP contribution in [-0.2, 0) is 4.79 Å². The van der Waals surface area contributed by atoms with Crippen molar-refractivity contribution in [3.05, 3.63) is 66.1 Å². The molecule has 0 aliphatic carbocycles. The van der Waals surface area contributed by atoms with Crippen LogP contribution in [0.1, 0.15) is 6.92 Å². The minimum absolute atomic E-state index is 0.102. The number of aromatic nitrogens is 2. The number of fused-ring (bicyclic) bond motifs is 1. The molecule has 1 N–H and O–H groups in total. The van der Waals surface area contributed by atoms with Crippen molar-refractivity contribution in [2.24, 2.45) is 0 Å². The third-order valence-corrected chi connectivity index (χ3v) is 5.78. The van der Waals surface area contributed by atoms with Crippen molar-refractivity contribution < 1.29 is 9.18 Å². The Morgan fingerprint density at radius 1 is 1.07 bits per heavy atom. The van der Waals surface area contributed by atoms with Gasteiger partial charge in [0, 0.05) is 28.5 Å². The number of anilines is 1. The van der Waals surface area contributed by atoms with Crippen LogP contribution in [0, 0.1) is 5.82 Å². The van der Waals surface area contributed by atoms with E-state index in [9.17, 15) is 9.18 Å². The molecule has 0 atom stereocenters. The van der Waals surface area contributed by atoms with Crippen LogP contribution in [0.15, 0.2) is 70.2 Å². The number of nitrogens with zero attached hydrogens (tertiary/aromatic N) is 2. The highest BCUT2D eigenvalue weighted by molar-refractivity contribution is 7.99. The van der Waals surface area contributed by atoms with Crippen molar-refractivity contribution in [3.8, 4) is 11.1 Å². The molecule has 4 nitrogen and oxygen atoms in total. The fourth-order valence-electron chi connectivity index (χ4n) is 2.69. The quantitative estimate of drug-likeness (QED) is 0.457. The van der Waals surface area contributed by atoms with Gasteiger partial charge in [-0.1, -0.05) is 23.9 Å². The van der Waals surface area contributed by atoms with Gasteiger partial charge >= 0.3 is 0 Å². The van der Waals surface area contributed by atoms with Crippen LogP contribution in [0.5, 0.6) is 0 Å². The van der Waals surface area contributed by atoms with Gasteiger partial charge in [0.25, 0.3) is 0 Å². The topological polar surface area (TPSA) is 54.9 Å². The van der Waals surface area contributed by atoms with Crippen LogP contribution < -0.4 is 5.32 Å². The molecule has 2 heterocycles. The molecule has 0 saturated heterocycles. The Hall–Kier alpha value is -2.77. The van der Waals surface area contributed by atoms with Gasteiger partial charge in [0.15, 0.2) is 0 Å². The van der Waals surface area contributed by atoms with Gasteiger partial charge in [-0.05, 0) is 42.0 Å². The van der Waals surface area contributed by atoms with Crippen LogP contribution >= 0.6 is 23.1 Å². The minimum atomic E-state index is -0.261. The Bertz CT molecular complexity index is 1110. The number of carbonyl (C=O) groups is 1. The zero-order chi connectivity index (χ0) is 18.8. The lowest BCUT2D eigenvalue weighted by atomic mass is 10.1. The molecule has 0 unspecified atom stereocenters. The summed E-state index contributed by atoms with van der Waals surface area (Å²) in [6.45, 7) is 1.48. The number of carbonyl (C=O) groups excluding carboxylic acids is 1. The number of hydrogen-bond acceptors (Lipinski definition) is 5. The molecular formula is C20H14FN3OS2. The molecule has 134 valence electrons. The van der Waals surface area contributed by atoms with Crippen LogP contribution in [-0.4, -0.2) is 15.9 Å². The number of hydrogen-bond donors (Lipinski definition) is 1. The Balaban J connectivity index is 1.70. The predicted octanol–water partition coefficient (Wildman–Crippen LogP) is 5.61. The first-order valence-corrected chi connectivity index (χ1v) is 9.83. The van der Waals surface area contributed by atoms with Crippen molar-refractivity contribution in [2.75, 3.05) is 5.32 Å². The molecule has 7 heteroatoms. The fraction of sp³-hybridized carbons (Fsp3) is 0.0500. The Kier molecular flexibility index (Phi) is 4.87. The number of rotatable bonds is 4. The summed E-state index contributed by atoms with van der Waals surface area (Å²) >= 11 is 3.07. The maximum absolute atomic E-state index is 13.3. The third-order valence-electron chi connectivity index (χ3n) is 3.88. The second kappa shape index (κ2) is 7.46. The summed E-state index contributed by atoms with van der Waals surface area (Å²) < 4.78 is 13.3. The lowest BCUT2D eigenvalue weighted by Gasteiger charge is -2.07. The first kappa shape index (κ1) is 17.6. The van der Waals surface area contributed by atoms with Crippen molar-refractivity contribution in [2.45, 2.75) is 16.8 Å². The summed E-state index contributed by atoms with van der Waals surface area (Å²) in [5, 5.41) is 6.58. The van der Waals surface area contributed by atoms with E-state index < -0.39 is 0 Å². The normalized spacial score (nSPS) is 10.9. The van der Waals surface area contributed by atoms with Gasteiger partial charge < -0.3 is 5.32 Å². The maximum atomic E-state index is 13.3. The molecule has 2 aromatic heterocycles. The summed E-state index contributed by atoms with van der Waals surface area (Å²) in [6.07, 6.45) is 1.56. The molecule has 0 aliphatic rings. The first-order chi connectivity index (χ1) is 13.1. The number of amides is 1. The number of benzene rings is 2. The molecule has 0 aliphatic heterocycles. The molecule has 0 spiro atoms. The van der Waals surface area contributed by atoms with E-state index in [0.717, 1.165) is 37.0 Å². The van der Waals surface area contributed by atoms with Crippen LogP contribution in [0.4, 0.5) is 10.1 Å². The van der Waals surface area contributed by atoms with E-state index in [1.165, 1.54) is 30.8 Å². The lowest BCUT2D eigenvalue weighted by Crippen LogP contribution is -2.05. The second-order valence-corrected chi connectivity index (χ2v) is 7.74. The van der Waals surface area contributed by atoms with Gasteiger partial charge in [0.05, 0.1) is 5.39 Å². The molecule has 0 fully saturated rings. The zero-order valence-corrected chi connectivity index (χ0v) is 15.9. The molecule has 1 amide bonds. The number of nitrogens with one attached hydrogen (secondary N) is 1. The SMILES string of the molecule is CC(=O)Nc1ccc(Sc2ncnc3scc(-c4ccc(F)cc4)c23)cc1. The van der Waals surface area contributed by atoms with Gasteiger partial charge in [-0.2, -0.15) is 0 Å². The highest BCUT2D eigenvalue weighted by atomic mass is 32.2. The van der Waals surface area contributed by atoms with E-state index in [1.54, 1.807) is 29.8 Å². The van der Waals surface area contributed by atoms with E-state index in [4.69, 9.17) is 0 Å². The first-order valence-electron chi connectivity index (χ1n) is 8.14. The van der Waals surface area contributed by atoms with Gasteiger partial charge in [-0.3, -0.25) is 4.79 Å². The van der Waals surface area contributed by atoms with E-state index in [2.05, 4.69) is 15.3 Å². The lowest BCUT2D eigenvalue weighted by molar-refractivity contribution is -0.114. The van der Waals surface area contributed by atoms with Crippen LogP contribution in [0.25, 0.3) is 21.3 Å². The molecule has 0 radical (unpaired) electrons. The van der Waals surface area contributed by atoms with Gasteiger partial charge in [0.2, 0.25) is 5.91 Å². The molecule has 27 heavy (non-hydrogen) atoms. The minimum Gasteiger partial charge on any atom is -0.326 e. The van der Waals surface area contributed by atoms with Gasteiger partial charge in [-0.25, -0.2) is 14.4 Å². The van der Waals surface area contributed by atoms with E-state index >= 15 is 0 Å². The molecule has 2 aromatic carbocycles. The van der Waals surface area contributed by atoms with Crippen molar-refractivity contribution >= 4 is 44.9 Å². The average Bonchev–Trinajstić information content (AvgIpc) is 3.09. The van der Waals surface area contributed by atoms with Crippen molar-refractivity contribution in [3.63, 3.8) is 0 Å². The predicted molar refractivity (Wildman–Crippen MR) is 108 cm³/mol. The smallest absolute Gasteiger partial charge is 0.221 e. The largest absolute Gasteiger partial charge is 0.326 e. The van der Waals surface area contributed by atoms with Crippen molar-refractivity contribution in [1.82, 2.24) is 9.97 Å². The standard InChI is InChI=1S/C20H14FN3OS2/c1-12(25)24-15-6-8-16(9-7-15)27-20-18-17(10-26-19(18)22-11-23-20)13-2-4-14(21)5-3-13/h2-11H,1H3,(H,24,25). The van der Waals surface area contributed by atoms with Gasteiger partial charge in [0.1, 0.15) is 22.0 Å². The molecular weight excluding hydrogens is 381 g/mol. The fourth-order valence-corrected chi connectivity index (χ4v) is 4.57. The van der Waals surface area contributed by atoms with Gasteiger partial charge in [-0.15, -0.1) is 11.3 Å². The summed E-state index contributed by atoms with van der Waals surface area (Å²) in [6, 6.07) is 14.0. The van der Waals surface area contributed by atoms with Crippen LogP contribution in [0.2, 0.25) is 0 Å². The zero-order valence-electron chi connectivity index (χ0n) is 14.3. The maximum Gasteiger partial charge on any atom is 0.221 e. The third kappa shape index (κ3) is 3.84. The number of halogens is 1. The number of thiophene rings is 1. The highest BCUT2D eigenvalue weighted by Crippen LogP contribution is 2.40. The highest BCUT2D eigenvalue weighted by Gasteiger charge is 2.14. The van der Waals surface area contributed by atoms with E-state index in [0.29, 0.717) is 0 Å². The summed E-state index contributed by atoms with van der Waals surface area (Å²) in [5.74, 6) is -0.362.